The maximum atomic E-state index is 13.0. The zero-order valence-electron chi connectivity index (χ0n) is 17.0. The summed E-state index contributed by atoms with van der Waals surface area (Å²) in [6.45, 7) is 3.36. The molecule has 13 nitrogen and oxygen atoms in total. The standard InChI is InChI=1S/C16H27N9O4S2/c1-10(8-17)22-31(28,29)13-3-2-12(25-6-4-11(9-18)5-7-25)14(15(13)30(19,26)27)16-20-23-24-21-16/h2-3,10-11,22H,4-9,17-18H2,1H3,(H2,19,26,27)(H,20,21,23,24)/t10-/m0/s1. The second-order valence-electron chi connectivity index (χ2n) is 7.51. The number of nitrogens with one attached hydrogen (secondary N) is 2. The number of primary sulfonamides is 1. The van der Waals surface area contributed by atoms with E-state index in [0.717, 1.165) is 12.8 Å². The first-order valence-electron chi connectivity index (χ1n) is 9.69. The Hall–Kier alpha value is -2.17. The second-order valence-corrected chi connectivity index (χ2v) is 10.7. The molecule has 31 heavy (non-hydrogen) atoms. The average Bonchev–Trinajstić information content (AvgIpc) is 3.26. The Bertz CT molecular complexity index is 1110. The van der Waals surface area contributed by atoms with Crippen LogP contribution in [0.15, 0.2) is 21.9 Å². The van der Waals surface area contributed by atoms with E-state index in [2.05, 4.69) is 25.3 Å². The van der Waals surface area contributed by atoms with E-state index in [-0.39, 0.29) is 17.9 Å². The highest BCUT2D eigenvalue weighted by atomic mass is 32.2. The summed E-state index contributed by atoms with van der Waals surface area (Å²) in [5.41, 5.74) is 11.7. The number of rotatable bonds is 8. The molecule has 1 atom stereocenters. The number of anilines is 1. The highest BCUT2D eigenvalue weighted by Crippen LogP contribution is 2.39. The summed E-state index contributed by atoms with van der Waals surface area (Å²) in [4.78, 5) is 0.869. The molecule has 0 aliphatic carbocycles. The Morgan fingerprint density at radius 3 is 2.42 bits per heavy atom. The van der Waals surface area contributed by atoms with E-state index < -0.39 is 35.9 Å². The van der Waals surface area contributed by atoms with Crippen molar-refractivity contribution in [1.82, 2.24) is 25.3 Å². The number of hydrogen-bond donors (Lipinski definition) is 5. The summed E-state index contributed by atoms with van der Waals surface area (Å²) >= 11 is 0. The quantitative estimate of drug-likeness (QED) is 0.293. The first kappa shape index (κ1) is 23.5. The van der Waals surface area contributed by atoms with Gasteiger partial charge in [0.05, 0.1) is 5.56 Å². The van der Waals surface area contributed by atoms with Crippen LogP contribution in [0.2, 0.25) is 0 Å². The van der Waals surface area contributed by atoms with Crippen molar-refractivity contribution < 1.29 is 16.8 Å². The van der Waals surface area contributed by atoms with Crippen LogP contribution >= 0.6 is 0 Å². The van der Waals surface area contributed by atoms with Crippen molar-refractivity contribution in [3.05, 3.63) is 12.1 Å². The van der Waals surface area contributed by atoms with E-state index in [9.17, 15) is 16.8 Å². The van der Waals surface area contributed by atoms with Crippen LogP contribution in [-0.2, 0) is 20.0 Å². The van der Waals surface area contributed by atoms with Crippen LogP contribution in [0.5, 0.6) is 0 Å². The number of nitrogens with zero attached hydrogens (tertiary/aromatic N) is 4. The van der Waals surface area contributed by atoms with Crippen LogP contribution in [0.25, 0.3) is 11.4 Å². The Morgan fingerprint density at radius 2 is 1.90 bits per heavy atom. The van der Waals surface area contributed by atoms with Gasteiger partial charge in [0.15, 0.2) is 5.82 Å². The van der Waals surface area contributed by atoms with Crippen LogP contribution in [0, 0.1) is 5.92 Å². The van der Waals surface area contributed by atoms with Crippen LogP contribution in [0.3, 0.4) is 0 Å². The number of aromatic amines is 1. The molecule has 0 radical (unpaired) electrons. The number of H-pyrrole nitrogens is 1. The predicted octanol–water partition coefficient (Wildman–Crippen LogP) is -1.69. The number of piperidine rings is 1. The van der Waals surface area contributed by atoms with Crippen molar-refractivity contribution in [2.24, 2.45) is 22.5 Å². The summed E-state index contributed by atoms with van der Waals surface area (Å²) in [6.07, 6.45) is 1.62. The monoisotopic (exact) mass is 473 g/mol. The van der Waals surface area contributed by atoms with Gasteiger partial charge in [0.1, 0.15) is 9.79 Å². The normalized spacial score (nSPS) is 17.1. The van der Waals surface area contributed by atoms with E-state index in [4.69, 9.17) is 16.6 Å². The maximum absolute atomic E-state index is 13.0. The van der Waals surface area contributed by atoms with E-state index in [0.29, 0.717) is 31.2 Å². The minimum atomic E-state index is -4.51. The molecule has 2 heterocycles. The Labute approximate surface area is 180 Å². The van der Waals surface area contributed by atoms with Crippen LogP contribution in [0.4, 0.5) is 5.69 Å². The van der Waals surface area contributed by atoms with E-state index >= 15 is 0 Å². The van der Waals surface area contributed by atoms with Gasteiger partial charge in [-0.1, -0.05) is 0 Å². The molecule has 1 aliphatic heterocycles. The Kier molecular flexibility index (Phi) is 6.92. The molecule has 15 heteroatoms. The molecule has 1 aromatic carbocycles. The fourth-order valence-electron chi connectivity index (χ4n) is 3.59. The lowest BCUT2D eigenvalue weighted by Gasteiger charge is -2.34. The molecule has 2 aromatic rings. The van der Waals surface area contributed by atoms with E-state index in [1.54, 1.807) is 6.92 Å². The van der Waals surface area contributed by atoms with Crippen molar-refractivity contribution in [2.45, 2.75) is 35.6 Å². The number of aromatic nitrogens is 4. The van der Waals surface area contributed by atoms with Crippen molar-refractivity contribution in [3.63, 3.8) is 0 Å². The molecular formula is C16H27N9O4S2. The van der Waals surface area contributed by atoms with Gasteiger partial charge in [0, 0.05) is 31.4 Å². The Balaban J connectivity index is 2.24. The lowest BCUT2D eigenvalue weighted by molar-refractivity contribution is 0.414. The third kappa shape index (κ3) is 5.02. The molecule has 0 saturated carbocycles. The summed E-state index contributed by atoms with van der Waals surface area (Å²) in [5.74, 6) is 0.356. The van der Waals surface area contributed by atoms with Gasteiger partial charge < -0.3 is 16.4 Å². The third-order valence-corrected chi connectivity index (χ3v) is 8.01. The lowest BCUT2D eigenvalue weighted by Crippen LogP contribution is -2.39. The number of benzene rings is 1. The molecular weight excluding hydrogens is 446 g/mol. The lowest BCUT2D eigenvalue weighted by atomic mass is 9.96. The zero-order valence-corrected chi connectivity index (χ0v) is 18.7. The van der Waals surface area contributed by atoms with E-state index in [1.165, 1.54) is 12.1 Å². The van der Waals surface area contributed by atoms with Gasteiger partial charge in [-0.25, -0.2) is 31.8 Å². The van der Waals surface area contributed by atoms with Crippen molar-refractivity contribution in [3.8, 4) is 11.4 Å². The third-order valence-electron chi connectivity index (χ3n) is 5.25. The second kappa shape index (κ2) is 9.13. The fourth-order valence-corrected chi connectivity index (χ4v) is 6.45. The van der Waals surface area contributed by atoms with Gasteiger partial charge in [-0.3, -0.25) is 0 Å². The first-order chi connectivity index (χ1) is 14.6. The molecule has 0 bridgehead atoms. The smallest absolute Gasteiger partial charge is 0.242 e. The molecule has 1 fully saturated rings. The van der Waals surface area contributed by atoms with Crippen LogP contribution in [0.1, 0.15) is 19.8 Å². The van der Waals surface area contributed by atoms with Crippen LogP contribution < -0.4 is 26.2 Å². The van der Waals surface area contributed by atoms with Crippen molar-refractivity contribution in [2.75, 3.05) is 31.1 Å². The molecule has 1 aliphatic rings. The van der Waals surface area contributed by atoms with Gasteiger partial charge in [0.2, 0.25) is 20.0 Å². The highest BCUT2D eigenvalue weighted by Gasteiger charge is 2.34. The minimum absolute atomic E-state index is 0.00183. The number of nitrogens with two attached hydrogens (primary N) is 3. The molecule has 3 rings (SSSR count). The van der Waals surface area contributed by atoms with Crippen molar-refractivity contribution in [1.29, 1.82) is 0 Å². The number of tetrazole rings is 1. The maximum Gasteiger partial charge on any atom is 0.242 e. The highest BCUT2D eigenvalue weighted by molar-refractivity contribution is 7.92. The van der Waals surface area contributed by atoms with Gasteiger partial charge in [-0.15, -0.1) is 5.10 Å². The molecule has 1 saturated heterocycles. The molecule has 1 aromatic heterocycles. The first-order valence-corrected chi connectivity index (χ1v) is 12.7. The van der Waals surface area contributed by atoms with Gasteiger partial charge >= 0.3 is 0 Å². The van der Waals surface area contributed by atoms with Gasteiger partial charge in [-0.2, -0.15) is 0 Å². The van der Waals surface area contributed by atoms with Gasteiger partial charge in [-0.05, 0) is 54.8 Å². The van der Waals surface area contributed by atoms with Crippen LogP contribution in [-0.4, -0.2) is 69.7 Å². The number of hydrogen-bond acceptors (Lipinski definition) is 10. The fraction of sp³-hybridized carbons (Fsp3) is 0.562. The minimum Gasteiger partial charge on any atom is -0.371 e. The largest absolute Gasteiger partial charge is 0.371 e. The summed E-state index contributed by atoms with van der Waals surface area (Å²) in [6, 6.07) is 2.14. The summed E-state index contributed by atoms with van der Waals surface area (Å²) < 4.78 is 53.6. The topological polar surface area (TPSA) is 216 Å². The summed E-state index contributed by atoms with van der Waals surface area (Å²) in [7, 11) is -8.77. The molecule has 0 unspecified atom stereocenters. The van der Waals surface area contributed by atoms with Crippen molar-refractivity contribution >= 4 is 25.7 Å². The average molecular weight is 474 g/mol. The predicted molar refractivity (Wildman–Crippen MR) is 114 cm³/mol. The van der Waals surface area contributed by atoms with Gasteiger partial charge in [0.25, 0.3) is 0 Å². The summed E-state index contributed by atoms with van der Waals surface area (Å²) in [5, 5.41) is 18.9. The molecule has 0 spiro atoms. The zero-order chi connectivity index (χ0) is 22.8. The van der Waals surface area contributed by atoms with E-state index in [1.807, 2.05) is 4.90 Å². The Morgan fingerprint density at radius 1 is 1.23 bits per heavy atom. The molecule has 8 N–H and O–H groups in total. The SMILES string of the molecule is C[C@@H](CN)NS(=O)(=O)c1ccc(N2CCC(CN)CC2)c(-c2nnn[nH]2)c1S(N)(=O)=O. The molecule has 0 amide bonds. The number of sulfonamides is 2. The molecule has 172 valence electrons.